The Morgan fingerprint density at radius 1 is 1.19 bits per heavy atom. The van der Waals surface area contributed by atoms with E-state index in [9.17, 15) is 18.0 Å². The highest BCUT2D eigenvalue weighted by Gasteiger charge is 2.30. The second-order valence-electron chi connectivity index (χ2n) is 4.69. The molecule has 1 aliphatic carbocycles. The lowest BCUT2D eigenvalue weighted by molar-refractivity contribution is -0.0337. The largest absolute Gasteiger partial charge is 0.271 e. The molecule has 2 rings (SSSR count). The number of nitrogens with one attached hydrogen (secondary N) is 1. The van der Waals surface area contributed by atoms with Crippen LogP contribution in [0.15, 0.2) is 35.4 Å². The molecule has 0 aliphatic heterocycles. The fourth-order valence-electron chi connectivity index (χ4n) is 1.86. The van der Waals surface area contributed by atoms with Crippen LogP contribution in [0.3, 0.4) is 0 Å². The number of benzene rings is 1. The maximum absolute atomic E-state index is 12.2. The first-order chi connectivity index (χ1) is 10.0. The first-order valence-electron chi connectivity index (χ1n) is 6.86. The van der Waals surface area contributed by atoms with E-state index in [1.807, 2.05) is 6.07 Å². The molecule has 1 N–H and O–H groups in total. The minimum atomic E-state index is -2.32. The number of rotatable bonds is 3. The molecule has 0 saturated heterocycles. The summed E-state index contributed by atoms with van der Waals surface area (Å²) in [5.74, 6) is -2.66. The van der Waals surface area contributed by atoms with Crippen LogP contribution in [0.1, 0.15) is 42.5 Å². The van der Waals surface area contributed by atoms with Crippen molar-refractivity contribution in [2.45, 2.75) is 38.0 Å². The molecule has 6 heteroatoms. The lowest BCUT2D eigenvalue weighted by atomic mass is 9.97. The smallest absolute Gasteiger partial charge is 0.267 e. The molecule has 0 spiro atoms. The van der Waals surface area contributed by atoms with Gasteiger partial charge in [-0.25, -0.2) is 18.6 Å². The normalized spacial score (nSPS) is 16.9. The molecule has 1 aromatic carbocycles. The number of hydrogen-bond donors (Lipinski definition) is 1. The maximum Gasteiger partial charge on any atom is 0.271 e. The minimum absolute atomic E-state index is 0.118. The molecule has 0 bridgehead atoms. The summed E-state index contributed by atoms with van der Waals surface area (Å²) in [5, 5.41) is 3.37. The predicted molar refractivity (Wildman–Crippen MR) is 76.4 cm³/mol. The van der Waals surface area contributed by atoms with Crippen LogP contribution in [-0.2, 0) is 0 Å². The van der Waals surface area contributed by atoms with Gasteiger partial charge in [0.1, 0.15) is 6.67 Å². The summed E-state index contributed by atoms with van der Waals surface area (Å²) < 4.78 is 36.0. The van der Waals surface area contributed by atoms with E-state index in [1.165, 1.54) is 0 Å². The second kappa shape index (κ2) is 9.15. The van der Waals surface area contributed by atoms with Gasteiger partial charge in [0.2, 0.25) is 5.92 Å². The molecule has 21 heavy (non-hydrogen) atoms. The molecule has 1 amide bonds. The molecule has 0 unspecified atom stereocenters. The van der Waals surface area contributed by atoms with E-state index in [0.717, 1.165) is 12.6 Å². The Bertz CT molecular complexity index is 441. The Hall–Kier alpha value is -1.85. The molecule has 116 valence electrons. The van der Waals surface area contributed by atoms with Gasteiger partial charge in [-0.2, -0.15) is 5.10 Å². The average Bonchev–Trinajstić information content (AvgIpc) is 2.49. The molecular weight excluding hydrogens is 281 g/mol. The fourth-order valence-corrected chi connectivity index (χ4v) is 1.86. The molecule has 0 aromatic heterocycles. The zero-order valence-corrected chi connectivity index (χ0v) is 11.7. The third-order valence-electron chi connectivity index (χ3n) is 2.95. The molecule has 0 atom stereocenters. The van der Waals surface area contributed by atoms with Crippen LogP contribution in [0.2, 0.25) is 0 Å². The van der Waals surface area contributed by atoms with Crippen LogP contribution in [-0.4, -0.2) is 24.7 Å². The number of nitrogens with zero attached hydrogens (tertiary/aromatic N) is 1. The first kappa shape index (κ1) is 17.2. The van der Waals surface area contributed by atoms with Gasteiger partial charge in [0, 0.05) is 18.4 Å². The van der Waals surface area contributed by atoms with Crippen molar-refractivity contribution in [2.24, 2.45) is 5.10 Å². The van der Waals surface area contributed by atoms with Gasteiger partial charge >= 0.3 is 0 Å². The second-order valence-corrected chi connectivity index (χ2v) is 4.69. The summed E-state index contributed by atoms with van der Waals surface area (Å²) >= 11 is 0. The lowest BCUT2D eigenvalue weighted by Gasteiger charge is -2.20. The summed E-state index contributed by atoms with van der Waals surface area (Å²) in [6.07, 6.45) is 3.65. The number of carbonyl (C=O) groups is 1. The van der Waals surface area contributed by atoms with E-state index in [1.54, 1.807) is 24.3 Å². The van der Waals surface area contributed by atoms with Crippen molar-refractivity contribution in [1.82, 2.24) is 5.43 Å². The summed E-state index contributed by atoms with van der Waals surface area (Å²) in [5.41, 5.74) is 2.69. The van der Waals surface area contributed by atoms with Gasteiger partial charge < -0.3 is 0 Å². The van der Waals surface area contributed by atoms with Gasteiger partial charge in [0.05, 0.1) is 6.21 Å². The van der Waals surface area contributed by atoms with Crippen molar-refractivity contribution in [1.29, 1.82) is 0 Å². The summed E-state index contributed by atoms with van der Waals surface area (Å²) in [6.45, 7) is -0.685. The zero-order valence-electron chi connectivity index (χ0n) is 11.7. The predicted octanol–water partition coefficient (Wildman–Crippen LogP) is 3.96. The van der Waals surface area contributed by atoms with Crippen molar-refractivity contribution in [3.05, 3.63) is 35.9 Å². The molecule has 1 fully saturated rings. The van der Waals surface area contributed by atoms with Crippen LogP contribution < -0.4 is 5.43 Å². The highest BCUT2D eigenvalue weighted by atomic mass is 19.3. The minimum Gasteiger partial charge on any atom is -0.267 e. The van der Waals surface area contributed by atoms with Crippen LogP contribution in [0.5, 0.6) is 0 Å². The van der Waals surface area contributed by atoms with Crippen LogP contribution >= 0.6 is 0 Å². The van der Waals surface area contributed by atoms with Crippen molar-refractivity contribution >= 4 is 12.1 Å². The van der Waals surface area contributed by atoms with Crippen molar-refractivity contribution in [3.63, 3.8) is 0 Å². The van der Waals surface area contributed by atoms with Crippen LogP contribution in [0.25, 0.3) is 0 Å². The highest BCUT2D eigenvalue weighted by Crippen LogP contribution is 2.32. The molecule has 3 nitrogen and oxygen atoms in total. The Labute approximate surface area is 122 Å². The third-order valence-corrected chi connectivity index (χ3v) is 2.95. The first-order valence-corrected chi connectivity index (χ1v) is 6.86. The fraction of sp³-hybridized carbons (Fsp3) is 0.467. The van der Waals surface area contributed by atoms with E-state index in [4.69, 9.17) is 0 Å². The van der Waals surface area contributed by atoms with Gasteiger partial charge in [-0.3, -0.25) is 4.79 Å². The van der Waals surface area contributed by atoms with Crippen LogP contribution in [0, 0.1) is 0 Å². The van der Waals surface area contributed by atoms with Gasteiger partial charge in [0.25, 0.3) is 5.91 Å². The van der Waals surface area contributed by atoms with Crippen molar-refractivity contribution in [2.75, 3.05) is 6.67 Å². The van der Waals surface area contributed by atoms with Crippen molar-refractivity contribution < 1.29 is 18.0 Å². The average molecular weight is 300 g/mol. The summed E-state index contributed by atoms with van der Waals surface area (Å²) in [4.78, 5) is 11.2. The third kappa shape index (κ3) is 7.48. The Morgan fingerprint density at radius 2 is 1.81 bits per heavy atom. The number of carbonyl (C=O) groups excluding carboxylic acids is 1. The molecule has 1 saturated carbocycles. The monoisotopic (exact) mass is 300 g/mol. The van der Waals surface area contributed by atoms with E-state index in [2.05, 4.69) is 10.5 Å². The topological polar surface area (TPSA) is 41.5 Å². The summed E-state index contributed by atoms with van der Waals surface area (Å²) in [7, 11) is 0. The van der Waals surface area contributed by atoms with Gasteiger partial charge in [-0.05, 0) is 25.0 Å². The van der Waals surface area contributed by atoms with Gasteiger partial charge in [0.15, 0.2) is 0 Å². The lowest BCUT2D eigenvalue weighted by Crippen LogP contribution is -2.18. The molecule has 1 aromatic rings. The molecule has 0 heterocycles. The Morgan fingerprint density at radius 3 is 2.29 bits per heavy atom. The summed E-state index contributed by atoms with van der Waals surface area (Å²) in [6, 6.07) is 8.60. The van der Waals surface area contributed by atoms with Crippen molar-refractivity contribution in [3.8, 4) is 0 Å². The Kier molecular flexibility index (Phi) is 7.50. The van der Waals surface area contributed by atoms with E-state index in [0.29, 0.717) is 18.4 Å². The highest BCUT2D eigenvalue weighted by molar-refractivity contribution is 5.94. The number of hydrazone groups is 1. The van der Waals surface area contributed by atoms with E-state index >= 15 is 0 Å². The number of hydrogen-bond acceptors (Lipinski definition) is 2. The quantitative estimate of drug-likeness (QED) is 0.666. The molecular formula is C15H19F3N2O. The molecule has 1 aliphatic rings. The van der Waals surface area contributed by atoms with Gasteiger partial charge in [-0.1, -0.05) is 24.6 Å². The maximum atomic E-state index is 12.2. The Balaban J connectivity index is 0.000000235. The number of amides is 1. The van der Waals surface area contributed by atoms with Crippen LogP contribution in [0.4, 0.5) is 13.2 Å². The number of alkyl halides is 3. The standard InChI is InChI=1S/C9H9FN2O.C6H10F2/c10-6-7-11-12-9(13)8-4-2-1-3-5-8;7-6(8)4-2-1-3-5-6/h1-5,7H,6H2,(H,12,13);1-5H2. The number of halogens is 3. The van der Waals surface area contributed by atoms with Gasteiger partial charge in [-0.15, -0.1) is 0 Å². The van der Waals surface area contributed by atoms with E-state index < -0.39 is 12.6 Å². The van der Waals surface area contributed by atoms with E-state index in [-0.39, 0.29) is 18.7 Å². The SMILES string of the molecule is FC1(F)CCCCC1.O=C(NN=CCF)c1ccccc1. The molecule has 0 radical (unpaired) electrons. The zero-order chi connectivity index (χ0) is 15.6.